The van der Waals surface area contributed by atoms with Crippen LogP contribution in [0, 0.1) is 18.8 Å². The topological polar surface area (TPSA) is 116 Å². The molecule has 3 rings (SSSR count). The minimum atomic E-state index is -1.12. The number of pyridine rings is 1. The number of nitrogens with zero attached hydrogens (tertiary/aromatic N) is 4. The second-order valence-electron chi connectivity index (χ2n) is 6.98. The van der Waals surface area contributed by atoms with Crippen LogP contribution in [-0.4, -0.2) is 50.7 Å². The molecule has 0 radical (unpaired) electrons. The number of carbonyl (C=O) groups excluding carboxylic acids is 1. The lowest BCUT2D eigenvalue weighted by atomic mass is 9.80. The molecule has 1 saturated carbocycles. The van der Waals surface area contributed by atoms with Crippen LogP contribution in [0.1, 0.15) is 41.9 Å². The standard InChI is InChI=1S/C19H24N4O5/c1-11-15(28-10-12-6-4-5-7-13(12)19(26)27-3)9-8-14(20-11)16-17(18(24)25)23(2)22-21-16/h8-9,12-13H,4-7,10H2,1-3H3,(H,24,25)/t12-,13+/m1/s1. The first-order valence-corrected chi connectivity index (χ1v) is 9.24. The van der Waals surface area contributed by atoms with Crippen molar-refractivity contribution >= 4 is 11.9 Å². The molecule has 1 aliphatic carbocycles. The molecule has 0 bridgehead atoms. The summed E-state index contributed by atoms with van der Waals surface area (Å²) in [6.45, 7) is 2.20. The third-order valence-corrected chi connectivity index (χ3v) is 5.18. The number of carboxylic acids is 1. The third kappa shape index (κ3) is 3.97. The molecule has 0 saturated heterocycles. The zero-order valence-corrected chi connectivity index (χ0v) is 16.2. The number of methoxy groups -OCH3 is 1. The molecule has 1 fully saturated rings. The molecule has 0 amide bonds. The van der Waals surface area contributed by atoms with Gasteiger partial charge in [-0.2, -0.15) is 0 Å². The van der Waals surface area contributed by atoms with Crippen molar-refractivity contribution in [1.82, 2.24) is 20.0 Å². The lowest BCUT2D eigenvalue weighted by molar-refractivity contribution is -0.149. The Balaban J connectivity index is 1.75. The van der Waals surface area contributed by atoms with Crippen LogP contribution < -0.4 is 4.74 Å². The van der Waals surface area contributed by atoms with Crippen molar-refractivity contribution in [3.63, 3.8) is 0 Å². The number of aryl methyl sites for hydroxylation is 2. The molecule has 0 aliphatic heterocycles. The highest BCUT2D eigenvalue weighted by molar-refractivity contribution is 5.92. The molecule has 0 aromatic carbocycles. The zero-order valence-electron chi connectivity index (χ0n) is 16.2. The highest BCUT2D eigenvalue weighted by Gasteiger charge is 2.32. The summed E-state index contributed by atoms with van der Waals surface area (Å²) in [5, 5.41) is 17.0. The largest absolute Gasteiger partial charge is 0.491 e. The van der Waals surface area contributed by atoms with Crippen LogP contribution in [0.3, 0.4) is 0 Å². The van der Waals surface area contributed by atoms with Gasteiger partial charge in [-0.15, -0.1) is 5.10 Å². The molecule has 9 heteroatoms. The predicted molar refractivity (Wildman–Crippen MR) is 98.9 cm³/mol. The maximum atomic E-state index is 12.0. The van der Waals surface area contributed by atoms with Gasteiger partial charge in [0, 0.05) is 13.0 Å². The molecule has 9 nitrogen and oxygen atoms in total. The molecule has 1 aliphatic rings. The number of hydrogen-bond donors (Lipinski definition) is 1. The molecule has 2 aromatic heterocycles. The van der Waals surface area contributed by atoms with Gasteiger partial charge in [-0.1, -0.05) is 18.1 Å². The van der Waals surface area contributed by atoms with Crippen molar-refractivity contribution < 1.29 is 24.2 Å². The fourth-order valence-corrected chi connectivity index (χ4v) is 3.67. The van der Waals surface area contributed by atoms with Crippen molar-refractivity contribution in [3.05, 3.63) is 23.5 Å². The zero-order chi connectivity index (χ0) is 20.3. The Bertz CT molecular complexity index is 879. The van der Waals surface area contributed by atoms with Crippen LogP contribution in [-0.2, 0) is 16.6 Å². The van der Waals surface area contributed by atoms with Crippen molar-refractivity contribution in [2.75, 3.05) is 13.7 Å². The number of hydrogen-bond acceptors (Lipinski definition) is 7. The summed E-state index contributed by atoms with van der Waals surface area (Å²) in [7, 11) is 2.94. The number of carboxylic acid groups (broad SMARTS) is 1. The number of rotatable bonds is 6. The summed E-state index contributed by atoms with van der Waals surface area (Å²) in [5.41, 5.74) is 1.22. The van der Waals surface area contributed by atoms with Crippen LogP contribution in [0.25, 0.3) is 11.4 Å². The molecule has 2 atom stereocenters. The molecule has 150 valence electrons. The van der Waals surface area contributed by atoms with E-state index < -0.39 is 5.97 Å². The van der Waals surface area contributed by atoms with Crippen molar-refractivity contribution in [3.8, 4) is 17.1 Å². The van der Waals surface area contributed by atoms with E-state index in [9.17, 15) is 14.7 Å². The minimum Gasteiger partial charge on any atom is -0.491 e. The van der Waals surface area contributed by atoms with Crippen LogP contribution in [0.2, 0.25) is 0 Å². The van der Waals surface area contributed by atoms with Crippen molar-refractivity contribution in [2.45, 2.75) is 32.6 Å². The molecule has 1 N–H and O–H groups in total. The van der Waals surface area contributed by atoms with Gasteiger partial charge in [-0.25, -0.2) is 14.5 Å². The van der Waals surface area contributed by atoms with E-state index in [-0.39, 0.29) is 29.2 Å². The fourth-order valence-electron chi connectivity index (χ4n) is 3.67. The number of ether oxygens (including phenoxy) is 2. The van der Waals surface area contributed by atoms with E-state index in [0.717, 1.165) is 25.7 Å². The Kier molecular flexibility index (Phi) is 5.91. The quantitative estimate of drug-likeness (QED) is 0.749. The van der Waals surface area contributed by atoms with Gasteiger partial charge < -0.3 is 14.6 Å². The molecular formula is C19H24N4O5. The Labute approximate surface area is 162 Å². The Morgan fingerprint density at radius 2 is 2.04 bits per heavy atom. The van der Waals surface area contributed by atoms with Gasteiger partial charge in [0.1, 0.15) is 11.4 Å². The van der Waals surface area contributed by atoms with Crippen LogP contribution in [0.15, 0.2) is 12.1 Å². The number of aromatic carboxylic acids is 1. The molecular weight excluding hydrogens is 364 g/mol. The van der Waals surface area contributed by atoms with Crippen molar-refractivity contribution in [2.24, 2.45) is 18.9 Å². The van der Waals surface area contributed by atoms with E-state index in [1.54, 1.807) is 19.1 Å². The third-order valence-electron chi connectivity index (χ3n) is 5.18. The summed E-state index contributed by atoms with van der Waals surface area (Å²) < 4.78 is 12.1. The van der Waals surface area contributed by atoms with E-state index >= 15 is 0 Å². The Hall–Kier alpha value is -2.97. The van der Waals surface area contributed by atoms with Crippen molar-refractivity contribution in [1.29, 1.82) is 0 Å². The second kappa shape index (κ2) is 8.37. The lowest BCUT2D eigenvalue weighted by Crippen LogP contribution is -2.32. The molecule has 2 heterocycles. The SMILES string of the molecule is COC(=O)[C@H]1CCCC[C@@H]1COc1ccc(-c2nnn(C)c2C(=O)O)nc1C. The fraction of sp³-hybridized carbons (Fsp3) is 0.526. The van der Waals surface area contributed by atoms with E-state index in [4.69, 9.17) is 9.47 Å². The average molecular weight is 388 g/mol. The number of carbonyl (C=O) groups is 2. The van der Waals surface area contributed by atoms with Gasteiger partial charge >= 0.3 is 11.9 Å². The summed E-state index contributed by atoms with van der Waals surface area (Å²) in [6.07, 6.45) is 3.84. The van der Waals surface area contributed by atoms with E-state index in [0.29, 0.717) is 23.7 Å². The molecule has 28 heavy (non-hydrogen) atoms. The first-order chi connectivity index (χ1) is 13.4. The Morgan fingerprint density at radius 1 is 1.29 bits per heavy atom. The minimum absolute atomic E-state index is 0.0244. The molecule has 0 spiro atoms. The molecule has 2 aromatic rings. The Morgan fingerprint density at radius 3 is 2.71 bits per heavy atom. The summed E-state index contributed by atoms with van der Waals surface area (Å²) in [5.74, 6) is -0.725. The number of esters is 1. The van der Waals surface area contributed by atoms with Gasteiger partial charge in [0.05, 0.1) is 31.0 Å². The maximum Gasteiger partial charge on any atom is 0.356 e. The van der Waals surface area contributed by atoms with E-state index in [1.807, 2.05) is 0 Å². The summed E-state index contributed by atoms with van der Waals surface area (Å²) in [6, 6.07) is 3.41. The lowest BCUT2D eigenvalue weighted by Gasteiger charge is -2.29. The summed E-state index contributed by atoms with van der Waals surface area (Å²) >= 11 is 0. The van der Waals surface area contributed by atoms with Crippen LogP contribution >= 0.6 is 0 Å². The van der Waals surface area contributed by atoms with Crippen LogP contribution in [0.5, 0.6) is 5.75 Å². The van der Waals surface area contributed by atoms with Crippen LogP contribution in [0.4, 0.5) is 0 Å². The van der Waals surface area contributed by atoms with E-state index in [1.165, 1.54) is 18.8 Å². The number of aromatic nitrogens is 4. The highest BCUT2D eigenvalue weighted by atomic mass is 16.5. The maximum absolute atomic E-state index is 12.0. The average Bonchev–Trinajstić information content (AvgIpc) is 3.08. The predicted octanol–water partition coefficient (Wildman–Crippen LogP) is 2.24. The highest BCUT2D eigenvalue weighted by Crippen LogP contribution is 2.32. The van der Waals surface area contributed by atoms with Gasteiger partial charge in [0.2, 0.25) is 0 Å². The normalized spacial score (nSPS) is 19.2. The summed E-state index contributed by atoms with van der Waals surface area (Å²) in [4.78, 5) is 27.9. The van der Waals surface area contributed by atoms with Gasteiger partial charge in [0.15, 0.2) is 5.69 Å². The first-order valence-electron chi connectivity index (χ1n) is 9.24. The van der Waals surface area contributed by atoms with Gasteiger partial charge in [0.25, 0.3) is 0 Å². The van der Waals surface area contributed by atoms with Gasteiger partial charge in [-0.3, -0.25) is 4.79 Å². The second-order valence-corrected chi connectivity index (χ2v) is 6.98. The smallest absolute Gasteiger partial charge is 0.356 e. The first kappa shape index (κ1) is 19.8. The van der Waals surface area contributed by atoms with E-state index in [2.05, 4.69) is 15.3 Å². The van der Waals surface area contributed by atoms with Gasteiger partial charge in [-0.05, 0) is 31.9 Å². The molecule has 0 unspecified atom stereocenters. The monoisotopic (exact) mass is 388 g/mol.